The van der Waals surface area contributed by atoms with Crippen molar-refractivity contribution in [3.05, 3.63) is 71.1 Å². The van der Waals surface area contributed by atoms with Gasteiger partial charge in [-0.25, -0.2) is 4.79 Å². The van der Waals surface area contributed by atoms with Crippen LogP contribution in [0.4, 0.5) is 5.00 Å². The van der Waals surface area contributed by atoms with Crippen molar-refractivity contribution in [1.82, 2.24) is 0 Å². The van der Waals surface area contributed by atoms with Crippen molar-refractivity contribution in [2.24, 2.45) is 0 Å². The van der Waals surface area contributed by atoms with Gasteiger partial charge in [0.1, 0.15) is 18.4 Å². The van der Waals surface area contributed by atoms with Crippen LogP contribution >= 0.6 is 11.3 Å². The first kappa shape index (κ1) is 18.0. The molecule has 0 atom stereocenters. The van der Waals surface area contributed by atoms with Crippen LogP contribution in [0.1, 0.15) is 22.3 Å². The number of benzene rings is 2. The third-order valence-electron chi connectivity index (χ3n) is 3.96. The van der Waals surface area contributed by atoms with Crippen molar-refractivity contribution in [3.63, 3.8) is 0 Å². The average Bonchev–Trinajstić information content (AvgIpc) is 3.05. The number of carboxylic acids is 1. The van der Waals surface area contributed by atoms with E-state index in [-0.39, 0.29) is 17.9 Å². The predicted molar refractivity (Wildman–Crippen MR) is 105 cm³/mol. The lowest BCUT2D eigenvalue weighted by Gasteiger charge is -2.06. The van der Waals surface area contributed by atoms with Crippen LogP contribution in [-0.4, -0.2) is 24.8 Å². The molecule has 3 aromatic rings. The van der Waals surface area contributed by atoms with Gasteiger partial charge in [-0.2, -0.15) is 0 Å². The Morgan fingerprint density at radius 1 is 1.04 bits per heavy atom. The van der Waals surface area contributed by atoms with Gasteiger partial charge in [-0.3, -0.25) is 4.79 Å². The molecule has 4 nitrogen and oxygen atoms in total. The van der Waals surface area contributed by atoms with E-state index in [1.807, 2.05) is 30.3 Å². The fourth-order valence-electron chi connectivity index (χ4n) is 2.63. The van der Waals surface area contributed by atoms with Gasteiger partial charge < -0.3 is 10.4 Å². The molecule has 0 aliphatic heterocycles. The first-order valence-electron chi connectivity index (χ1n) is 8.09. The van der Waals surface area contributed by atoms with E-state index in [9.17, 15) is 14.7 Å². The lowest BCUT2D eigenvalue weighted by Crippen LogP contribution is -2.14. The minimum atomic E-state index is -1.07. The van der Waals surface area contributed by atoms with E-state index in [0.29, 0.717) is 22.4 Å². The SMILES string of the molecule is [B]c1ccc(-c2csc(NC(=O)CCc3ccccc3)c2C(=O)O)cc1. The Labute approximate surface area is 156 Å². The second-order valence-electron chi connectivity index (χ2n) is 5.81. The maximum absolute atomic E-state index is 12.2. The van der Waals surface area contributed by atoms with Gasteiger partial charge in [0.2, 0.25) is 5.91 Å². The Morgan fingerprint density at radius 2 is 1.73 bits per heavy atom. The summed E-state index contributed by atoms with van der Waals surface area (Å²) in [6.45, 7) is 0. The van der Waals surface area contributed by atoms with Gasteiger partial charge in [0, 0.05) is 17.4 Å². The van der Waals surface area contributed by atoms with Crippen molar-refractivity contribution in [2.45, 2.75) is 12.8 Å². The third-order valence-corrected chi connectivity index (χ3v) is 4.86. The molecule has 0 saturated carbocycles. The Kier molecular flexibility index (Phi) is 5.53. The first-order chi connectivity index (χ1) is 12.5. The summed E-state index contributed by atoms with van der Waals surface area (Å²) in [5, 5.41) is 14.4. The number of hydrogen-bond acceptors (Lipinski definition) is 3. The summed E-state index contributed by atoms with van der Waals surface area (Å²) in [5.74, 6) is -1.28. The molecule has 128 valence electrons. The molecular weight excluding hydrogens is 345 g/mol. The van der Waals surface area contributed by atoms with Gasteiger partial charge in [0.15, 0.2) is 0 Å². The number of amides is 1. The molecule has 0 fully saturated rings. The first-order valence-corrected chi connectivity index (χ1v) is 8.97. The van der Waals surface area contributed by atoms with Crippen molar-refractivity contribution in [2.75, 3.05) is 5.32 Å². The molecule has 0 bridgehead atoms. The monoisotopic (exact) mass is 361 g/mol. The molecule has 1 heterocycles. The van der Waals surface area contributed by atoms with Crippen LogP contribution in [0, 0.1) is 0 Å². The average molecular weight is 361 g/mol. The van der Waals surface area contributed by atoms with Crippen LogP contribution < -0.4 is 10.8 Å². The number of rotatable bonds is 6. The second kappa shape index (κ2) is 8.02. The van der Waals surface area contributed by atoms with Crippen LogP contribution in [0.25, 0.3) is 11.1 Å². The van der Waals surface area contributed by atoms with Crippen LogP contribution in [0.5, 0.6) is 0 Å². The van der Waals surface area contributed by atoms with E-state index < -0.39 is 5.97 Å². The molecule has 0 aliphatic rings. The van der Waals surface area contributed by atoms with Crippen molar-refractivity contribution in [3.8, 4) is 11.1 Å². The Bertz CT molecular complexity index is 920. The Morgan fingerprint density at radius 3 is 2.38 bits per heavy atom. The largest absolute Gasteiger partial charge is 0.478 e. The topological polar surface area (TPSA) is 66.4 Å². The quantitative estimate of drug-likeness (QED) is 0.661. The van der Waals surface area contributed by atoms with Crippen LogP contribution in [0.15, 0.2) is 60.0 Å². The highest BCUT2D eigenvalue weighted by molar-refractivity contribution is 7.15. The van der Waals surface area contributed by atoms with Gasteiger partial charge in [0.25, 0.3) is 0 Å². The number of carbonyl (C=O) groups excluding carboxylic acids is 1. The lowest BCUT2D eigenvalue weighted by atomic mass is 9.93. The molecule has 0 unspecified atom stereocenters. The summed E-state index contributed by atoms with van der Waals surface area (Å²) in [7, 11) is 5.68. The number of aryl methyl sites for hydroxylation is 1. The maximum atomic E-state index is 12.2. The maximum Gasteiger partial charge on any atom is 0.339 e. The number of hydrogen-bond donors (Lipinski definition) is 2. The van der Waals surface area contributed by atoms with Gasteiger partial charge >= 0.3 is 5.97 Å². The van der Waals surface area contributed by atoms with E-state index in [1.165, 1.54) is 11.3 Å². The second-order valence-corrected chi connectivity index (χ2v) is 6.69. The molecular formula is C20H16BNO3S. The van der Waals surface area contributed by atoms with Crippen LogP contribution in [-0.2, 0) is 11.2 Å². The molecule has 0 aliphatic carbocycles. The van der Waals surface area contributed by atoms with Crippen LogP contribution in [0.2, 0.25) is 0 Å². The zero-order chi connectivity index (χ0) is 18.5. The van der Waals surface area contributed by atoms with E-state index in [2.05, 4.69) is 5.32 Å². The van der Waals surface area contributed by atoms with Crippen LogP contribution in [0.3, 0.4) is 0 Å². The minimum absolute atomic E-state index is 0.104. The van der Waals surface area contributed by atoms with Crippen molar-refractivity contribution in [1.29, 1.82) is 0 Å². The fraction of sp³-hybridized carbons (Fsp3) is 0.100. The standard InChI is InChI=1S/C20H16BNO3S/c21-15-9-7-14(8-10-15)16-12-26-19(18(16)20(24)25)22-17(23)11-6-13-4-2-1-3-5-13/h1-5,7-10,12H,6,11H2,(H,22,23)(H,24,25). The molecule has 3 rings (SSSR count). The normalized spacial score (nSPS) is 10.5. The summed E-state index contributed by atoms with van der Waals surface area (Å²) in [5.41, 5.74) is 3.09. The smallest absolute Gasteiger partial charge is 0.339 e. The fourth-order valence-corrected chi connectivity index (χ4v) is 3.61. The van der Waals surface area contributed by atoms with Crippen molar-refractivity contribution >= 4 is 41.5 Å². The molecule has 0 spiro atoms. The number of carboxylic acid groups (broad SMARTS) is 1. The molecule has 2 aromatic carbocycles. The highest BCUT2D eigenvalue weighted by Crippen LogP contribution is 2.35. The number of anilines is 1. The third kappa shape index (κ3) is 4.21. The summed E-state index contributed by atoms with van der Waals surface area (Å²) >= 11 is 1.21. The van der Waals surface area contributed by atoms with Gasteiger partial charge in [-0.15, -0.1) is 11.3 Å². The molecule has 0 saturated heterocycles. The number of nitrogens with one attached hydrogen (secondary N) is 1. The van der Waals surface area contributed by atoms with Gasteiger partial charge in [-0.05, 0) is 17.5 Å². The molecule has 1 aromatic heterocycles. The Hall–Kier alpha value is -2.86. The molecule has 26 heavy (non-hydrogen) atoms. The number of carbonyl (C=O) groups is 2. The van der Waals surface area contributed by atoms with E-state index in [0.717, 1.165) is 11.1 Å². The molecule has 6 heteroatoms. The predicted octanol–water partition coefficient (Wildman–Crippen LogP) is 3.48. The van der Waals surface area contributed by atoms with Gasteiger partial charge in [-0.1, -0.05) is 60.1 Å². The molecule has 1 amide bonds. The highest BCUT2D eigenvalue weighted by Gasteiger charge is 2.21. The summed E-state index contributed by atoms with van der Waals surface area (Å²) < 4.78 is 0. The summed E-state index contributed by atoms with van der Waals surface area (Å²) in [4.78, 5) is 24.0. The van der Waals surface area contributed by atoms with E-state index in [4.69, 9.17) is 7.85 Å². The Balaban J connectivity index is 1.76. The highest BCUT2D eigenvalue weighted by atomic mass is 32.1. The van der Waals surface area contributed by atoms with E-state index in [1.54, 1.807) is 29.6 Å². The summed E-state index contributed by atoms with van der Waals surface area (Å²) in [6, 6.07) is 16.7. The molecule has 2 N–H and O–H groups in total. The zero-order valence-corrected chi connectivity index (χ0v) is 14.8. The zero-order valence-electron chi connectivity index (χ0n) is 13.9. The lowest BCUT2D eigenvalue weighted by molar-refractivity contribution is -0.116. The van der Waals surface area contributed by atoms with Gasteiger partial charge in [0.05, 0.1) is 0 Å². The van der Waals surface area contributed by atoms with Crippen molar-refractivity contribution < 1.29 is 14.7 Å². The number of thiophene rings is 1. The minimum Gasteiger partial charge on any atom is -0.478 e. The number of aromatic carboxylic acids is 1. The summed E-state index contributed by atoms with van der Waals surface area (Å²) in [6.07, 6.45) is 0.892. The molecule has 2 radical (unpaired) electrons. The van der Waals surface area contributed by atoms with E-state index >= 15 is 0 Å².